The van der Waals surface area contributed by atoms with Crippen molar-refractivity contribution in [2.24, 2.45) is 4.99 Å². The lowest BCUT2D eigenvalue weighted by Gasteiger charge is -2.27. The first-order chi connectivity index (χ1) is 13.4. The van der Waals surface area contributed by atoms with Gasteiger partial charge in [0, 0.05) is 50.8 Å². The Hall–Kier alpha value is -2.21. The van der Waals surface area contributed by atoms with Crippen molar-refractivity contribution in [3.63, 3.8) is 0 Å². The minimum absolute atomic E-state index is 0.367. The molecule has 2 aromatic rings. The number of fused-ring (bicyclic) bond motifs is 2. The van der Waals surface area contributed by atoms with Gasteiger partial charge in [0.05, 0.1) is 11.9 Å². The molecule has 0 saturated heterocycles. The minimum atomic E-state index is -3.49. The molecular formula is C17H21N7O2S2. The lowest BCUT2D eigenvalue weighted by Crippen LogP contribution is -2.53. The van der Waals surface area contributed by atoms with E-state index in [0.717, 1.165) is 37.1 Å². The molecule has 148 valence electrons. The average molecular weight is 420 g/mol. The number of amidine groups is 1. The zero-order valence-corrected chi connectivity index (χ0v) is 17.1. The molecule has 0 fully saturated rings. The van der Waals surface area contributed by atoms with Gasteiger partial charge in [-0.3, -0.25) is 4.99 Å². The van der Waals surface area contributed by atoms with E-state index >= 15 is 0 Å². The number of aliphatic imine (C=N–C) groups is 1. The molecule has 2 aliphatic heterocycles. The van der Waals surface area contributed by atoms with Crippen LogP contribution in [0.1, 0.15) is 12.0 Å². The van der Waals surface area contributed by atoms with Crippen LogP contribution in [0.15, 0.2) is 45.5 Å². The second kappa shape index (κ2) is 7.66. The van der Waals surface area contributed by atoms with E-state index in [4.69, 9.17) is 0 Å². The average Bonchev–Trinajstić information content (AvgIpc) is 2.66. The molecule has 3 heterocycles. The van der Waals surface area contributed by atoms with Crippen molar-refractivity contribution in [3.05, 3.63) is 36.2 Å². The summed E-state index contributed by atoms with van der Waals surface area (Å²) in [6.07, 6.45) is 4.17. The smallest absolute Gasteiger partial charge is 0.280 e. The van der Waals surface area contributed by atoms with Crippen LogP contribution < -0.4 is 15.4 Å². The molecule has 1 atom stereocenters. The monoisotopic (exact) mass is 419 g/mol. The van der Waals surface area contributed by atoms with Gasteiger partial charge in [-0.2, -0.15) is 17.4 Å². The number of nitrogens with zero attached hydrogens (tertiary/aromatic N) is 4. The maximum Gasteiger partial charge on any atom is 0.280 e. The Kier molecular flexibility index (Phi) is 5.23. The Morgan fingerprint density at radius 1 is 1.29 bits per heavy atom. The highest BCUT2D eigenvalue weighted by Gasteiger charge is 2.23. The topological polar surface area (TPSA) is 112 Å². The van der Waals surface area contributed by atoms with Gasteiger partial charge in [-0.1, -0.05) is 17.8 Å². The fraction of sp³-hybridized carbons (Fsp3) is 0.353. The van der Waals surface area contributed by atoms with E-state index < -0.39 is 10.2 Å². The SMILES string of the molecule is CN(C)S(=O)(=O)NC1CCN=C(Cc2ccc3c(c2)Nc2nccnc2S3)N1. The van der Waals surface area contributed by atoms with Crippen molar-refractivity contribution >= 4 is 39.3 Å². The van der Waals surface area contributed by atoms with Gasteiger partial charge in [-0.25, -0.2) is 9.97 Å². The zero-order chi connectivity index (χ0) is 19.7. The van der Waals surface area contributed by atoms with Crippen molar-refractivity contribution in [1.29, 1.82) is 0 Å². The van der Waals surface area contributed by atoms with Crippen molar-refractivity contribution in [1.82, 2.24) is 24.3 Å². The third kappa shape index (κ3) is 4.12. The van der Waals surface area contributed by atoms with E-state index in [-0.39, 0.29) is 6.17 Å². The number of aromatic nitrogens is 2. The summed E-state index contributed by atoms with van der Waals surface area (Å²) < 4.78 is 27.9. The molecule has 0 radical (unpaired) electrons. The maximum absolute atomic E-state index is 12.0. The van der Waals surface area contributed by atoms with Crippen LogP contribution in [0.4, 0.5) is 11.5 Å². The molecular weight excluding hydrogens is 398 g/mol. The number of hydrogen-bond acceptors (Lipinski definition) is 8. The van der Waals surface area contributed by atoms with E-state index in [1.54, 1.807) is 24.2 Å². The summed E-state index contributed by atoms with van der Waals surface area (Å²) in [6.45, 7) is 0.574. The molecule has 11 heteroatoms. The number of anilines is 2. The quantitative estimate of drug-likeness (QED) is 0.572. The molecule has 0 bridgehead atoms. The molecule has 0 amide bonds. The van der Waals surface area contributed by atoms with Crippen LogP contribution in [0.25, 0.3) is 0 Å². The second-order valence-electron chi connectivity index (χ2n) is 6.66. The standard InChI is InChI=1S/C17H21N7O2S2/c1-24(2)28(25,26)23-14-5-6-18-15(22-14)10-11-3-4-13-12(9-11)21-16-17(27-13)20-8-7-19-16/h3-4,7-9,14,23H,5-6,10H2,1-2H3,(H,18,22)(H,19,21). The minimum Gasteiger partial charge on any atom is -0.357 e. The predicted molar refractivity (Wildman–Crippen MR) is 109 cm³/mol. The second-order valence-corrected chi connectivity index (χ2v) is 9.61. The van der Waals surface area contributed by atoms with E-state index in [1.807, 2.05) is 6.07 Å². The van der Waals surface area contributed by atoms with Gasteiger partial charge >= 0.3 is 0 Å². The van der Waals surface area contributed by atoms with Gasteiger partial charge in [-0.05, 0) is 17.7 Å². The van der Waals surface area contributed by atoms with Crippen LogP contribution in [-0.4, -0.2) is 55.3 Å². The van der Waals surface area contributed by atoms with Crippen LogP contribution >= 0.6 is 11.8 Å². The summed E-state index contributed by atoms with van der Waals surface area (Å²) in [4.78, 5) is 14.3. The predicted octanol–water partition coefficient (Wildman–Crippen LogP) is 1.34. The summed E-state index contributed by atoms with van der Waals surface area (Å²) in [5, 5.41) is 7.37. The highest BCUT2D eigenvalue weighted by Crippen LogP contribution is 2.42. The van der Waals surface area contributed by atoms with Crippen LogP contribution in [0, 0.1) is 0 Å². The van der Waals surface area contributed by atoms with Crippen LogP contribution in [-0.2, 0) is 16.6 Å². The first-order valence-electron chi connectivity index (χ1n) is 8.79. The highest BCUT2D eigenvalue weighted by molar-refractivity contribution is 7.99. The Bertz CT molecular complexity index is 1020. The Labute approximate surface area is 168 Å². The summed E-state index contributed by atoms with van der Waals surface area (Å²) in [6, 6.07) is 6.17. The van der Waals surface area contributed by atoms with Gasteiger partial charge in [-0.15, -0.1) is 0 Å². The Morgan fingerprint density at radius 3 is 2.93 bits per heavy atom. The Morgan fingerprint density at radius 2 is 2.11 bits per heavy atom. The molecule has 1 unspecified atom stereocenters. The first-order valence-corrected chi connectivity index (χ1v) is 11.0. The molecule has 2 aliphatic rings. The molecule has 1 aromatic heterocycles. The largest absolute Gasteiger partial charge is 0.357 e. The summed E-state index contributed by atoms with van der Waals surface area (Å²) in [5.41, 5.74) is 2.05. The van der Waals surface area contributed by atoms with Gasteiger partial charge in [0.15, 0.2) is 5.82 Å². The lowest BCUT2D eigenvalue weighted by molar-refractivity contribution is 0.458. The lowest BCUT2D eigenvalue weighted by atomic mass is 10.1. The normalized spacial score (nSPS) is 18.5. The van der Waals surface area contributed by atoms with Crippen LogP contribution in [0.3, 0.4) is 0 Å². The van der Waals surface area contributed by atoms with Gasteiger partial charge in [0.2, 0.25) is 0 Å². The summed E-state index contributed by atoms with van der Waals surface area (Å²) in [5.74, 6) is 1.52. The summed E-state index contributed by atoms with van der Waals surface area (Å²) >= 11 is 1.58. The zero-order valence-electron chi connectivity index (χ0n) is 15.5. The Balaban J connectivity index is 1.45. The molecule has 0 spiro atoms. The number of benzene rings is 1. The van der Waals surface area contributed by atoms with Crippen molar-refractivity contribution < 1.29 is 8.42 Å². The third-order valence-electron chi connectivity index (χ3n) is 4.37. The van der Waals surface area contributed by atoms with Crippen LogP contribution in [0.5, 0.6) is 0 Å². The number of hydrogen-bond donors (Lipinski definition) is 3. The van der Waals surface area contributed by atoms with Gasteiger partial charge in [0.25, 0.3) is 10.2 Å². The third-order valence-corrected chi connectivity index (χ3v) is 6.98. The first kappa shape index (κ1) is 19.1. The highest BCUT2D eigenvalue weighted by atomic mass is 32.2. The molecule has 28 heavy (non-hydrogen) atoms. The summed E-state index contributed by atoms with van der Waals surface area (Å²) in [7, 11) is -0.493. The molecule has 3 N–H and O–H groups in total. The van der Waals surface area contributed by atoms with Crippen LogP contribution in [0.2, 0.25) is 0 Å². The maximum atomic E-state index is 12.0. The fourth-order valence-electron chi connectivity index (χ4n) is 2.91. The number of nitrogens with one attached hydrogen (secondary N) is 3. The molecule has 0 aliphatic carbocycles. The van der Waals surface area contributed by atoms with E-state index in [9.17, 15) is 8.42 Å². The number of rotatable bonds is 5. The van der Waals surface area contributed by atoms with Gasteiger partial charge < -0.3 is 10.6 Å². The fourth-order valence-corrected chi connectivity index (χ4v) is 4.54. The van der Waals surface area contributed by atoms with Crippen molar-refractivity contribution in [3.8, 4) is 0 Å². The van der Waals surface area contributed by atoms with Crippen molar-refractivity contribution in [2.45, 2.75) is 28.9 Å². The molecule has 1 aromatic carbocycles. The molecule has 0 saturated carbocycles. The van der Waals surface area contributed by atoms with E-state index in [2.05, 4.69) is 42.4 Å². The molecule has 9 nitrogen and oxygen atoms in total. The van der Waals surface area contributed by atoms with E-state index in [0.29, 0.717) is 19.4 Å². The molecule has 4 rings (SSSR count). The van der Waals surface area contributed by atoms with E-state index in [1.165, 1.54) is 14.1 Å². The van der Waals surface area contributed by atoms with Gasteiger partial charge in [0.1, 0.15) is 10.9 Å². The van der Waals surface area contributed by atoms with Crippen molar-refractivity contribution in [2.75, 3.05) is 26.0 Å².